The Morgan fingerprint density at radius 2 is 1.39 bits per heavy atom. The van der Waals surface area contributed by atoms with Gasteiger partial charge in [-0.25, -0.2) is 0 Å². The fourth-order valence-electron chi connectivity index (χ4n) is 17.5. The van der Waals surface area contributed by atoms with Crippen molar-refractivity contribution in [1.29, 1.82) is 0 Å². The lowest BCUT2D eigenvalue weighted by Crippen LogP contribution is -2.68. The number of nitrogens with one attached hydrogen (secondary N) is 2. The summed E-state index contributed by atoms with van der Waals surface area (Å²) in [5, 5.41) is 62.8. The zero-order chi connectivity index (χ0) is 56.4. The van der Waals surface area contributed by atoms with Gasteiger partial charge in [-0.3, -0.25) is 19.2 Å². The highest BCUT2D eigenvalue weighted by molar-refractivity contribution is 5.86. The third-order valence-corrected chi connectivity index (χ3v) is 22.8. The number of aliphatic carboxylic acids is 1. The molecule has 0 bridgehead atoms. The number of hydrogen-bond donors (Lipinski definition) is 8. The molecule has 16 atom stereocenters. The van der Waals surface area contributed by atoms with Gasteiger partial charge in [-0.2, -0.15) is 0 Å². The molecule has 0 aromatic carbocycles. The molecular weight excluding hydrogens is 963 g/mol. The van der Waals surface area contributed by atoms with Gasteiger partial charge in [0.05, 0.1) is 30.0 Å². The van der Waals surface area contributed by atoms with E-state index in [0.717, 1.165) is 116 Å². The summed E-state index contributed by atoms with van der Waals surface area (Å²) in [6, 6.07) is 0.0193. The van der Waals surface area contributed by atoms with Crippen LogP contribution in [-0.4, -0.2) is 129 Å². The van der Waals surface area contributed by atoms with Gasteiger partial charge >= 0.3 is 11.9 Å². The maximum atomic E-state index is 15.0. The number of unbranched alkanes of at least 4 members (excludes halogenated alkanes) is 5. The smallest absolute Gasteiger partial charge is 0.309 e. The van der Waals surface area contributed by atoms with Crippen molar-refractivity contribution in [3.8, 4) is 0 Å². The first-order valence-corrected chi connectivity index (χ1v) is 30.2. The zero-order valence-electron chi connectivity index (χ0n) is 49.2. The number of fused-ring (bicyclic) bond motifs is 7. The number of likely N-dealkylation sites (tertiary alicyclic amines) is 1. The Bertz CT molecular complexity index is 2020. The van der Waals surface area contributed by atoms with E-state index < -0.39 is 53.8 Å². The summed E-state index contributed by atoms with van der Waals surface area (Å²) < 4.78 is 6.20. The second kappa shape index (κ2) is 24.6. The largest absolute Gasteiger partial charge is 0.481 e. The minimum absolute atomic E-state index is 0.0193. The highest BCUT2D eigenvalue weighted by atomic mass is 16.5. The molecule has 7 aliphatic rings. The Morgan fingerprint density at radius 1 is 0.750 bits per heavy atom. The fourth-order valence-corrected chi connectivity index (χ4v) is 17.5. The lowest BCUT2D eigenvalue weighted by molar-refractivity contribution is -0.249. The molecule has 0 spiro atoms. The van der Waals surface area contributed by atoms with E-state index in [1.54, 1.807) is 13.8 Å². The molecular formula is C62H107N3O11. The number of nitrogens with zero attached hydrogens (tertiary/aromatic N) is 1. The van der Waals surface area contributed by atoms with Gasteiger partial charge in [-0.1, -0.05) is 99.6 Å². The van der Waals surface area contributed by atoms with Crippen molar-refractivity contribution < 1.29 is 54.6 Å². The molecule has 4 unspecified atom stereocenters. The molecule has 6 aliphatic carbocycles. The first kappa shape index (κ1) is 62.6. The SMILES string of the molecule is C=C(C)[C@@H]1CC[C@]2(C(=O)N[C@@H]3C[C@H](C(=O)N4CCCCC4)C3(C)C)CC[C@]3(C)C(CCC4[C@@]5(C)CC[C@H](OC(=O)CC(C)(C)C(=O)O)C(C)(C)C5CC[C@]43C)C12.CCCCCCCCNC[C@H](O)[C@@H](O)[C@H](O)[C@H](O)CO. The van der Waals surface area contributed by atoms with E-state index in [0.29, 0.717) is 29.6 Å². The Morgan fingerprint density at radius 3 is 2.01 bits per heavy atom. The van der Waals surface area contributed by atoms with Crippen LogP contribution in [0.1, 0.15) is 211 Å². The van der Waals surface area contributed by atoms with Crippen LogP contribution in [0.3, 0.4) is 0 Å². The molecule has 14 heteroatoms. The second-order valence-corrected chi connectivity index (χ2v) is 28.3. The molecule has 7 fully saturated rings. The van der Waals surface area contributed by atoms with Crippen molar-refractivity contribution >= 4 is 23.8 Å². The number of carbonyl (C=O) groups excluding carboxylic acids is 3. The standard InChI is InChI=1S/C48H76N2O6.C14H31NO5/c1-29(2)30-17-22-48(40(53)49-35-27-32(43(35,5)6)39(52)50-25-13-12-14-26-50)24-23-46(10)31(38(30)48)15-16-34-45(9)20-19-36(56-37(51)28-42(3,4)41(54)55)44(7,8)33(45)18-21-47(34,46)11;1-2-3-4-5-6-7-8-15-9-11(17)13(19)14(20)12(18)10-16/h30-36,38H,1,12-28H2,2-11H3,(H,49,53)(H,54,55);11-20H,2-10H2,1H3/t30-,31?,32+,33?,34?,35+,36-,38?,45-,46+,47+,48-;11-,12+,13+,14+/m00/s1. The topological polar surface area (TPSA) is 226 Å². The summed E-state index contributed by atoms with van der Waals surface area (Å²) in [6.45, 7) is 30.9. The van der Waals surface area contributed by atoms with E-state index in [9.17, 15) is 34.8 Å². The number of hydrogen-bond acceptors (Lipinski definition) is 11. The van der Waals surface area contributed by atoms with Crippen LogP contribution in [-0.2, 0) is 23.9 Å². The van der Waals surface area contributed by atoms with Crippen molar-refractivity contribution in [2.75, 3.05) is 32.8 Å². The van der Waals surface area contributed by atoms with Gasteiger partial charge in [0.1, 0.15) is 24.4 Å². The predicted molar refractivity (Wildman–Crippen MR) is 296 cm³/mol. The van der Waals surface area contributed by atoms with Gasteiger partial charge < -0.3 is 50.9 Å². The van der Waals surface area contributed by atoms with Crippen LogP contribution in [0.5, 0.6) is 0 Å². The number of allylic oxidation sites excluding steroid dienone is 1. The second-order valence-electron chi connectivity index (χ2n) is 28.3. The van der Waals surface area contributed by atoms with Crippen molar-refractivity contribution in [1.82, 2.24) is 15.5 Å². The van der Waals surface area contributed by atoms with Crippen LogP contribution in [0.4, 0.5) is 0 Å². The maximum absolute atomic E-state index is 15.0. The van der Waals surface area contributed by atoms with Crippen LogP contribution >= 0.6 is 0 Å². The molecule has 0 aromatic heterocycles. The van der Waals surface area contributed by atoms with E-state index in [1.165, 1.54) is 37.7 Å². The normalized spacial score (nSPS) is 36.9. The van der Waals surface area contributed by atoms with Crippen molar-refractivity contribution in [2.24, 2.45) is 73.4 Å². The number of amides is 2. The summed E-state index contributed by atoms with van der Waals surface area (Å²) >= 11 is 0. The summed E-state index contributed by atoms with van der Waals surface area (Å²) in [5.41, 5.74) is -0.492. The first-order chi connectivity index (χ1) is 35.5. The number of piperidine rings is 1. The molecule has 14 nitrogen and oxygen atoms in total. The van der Waals surface area contributed by atoms with E-state index >= 15 is 4.79 Å². The monoisotopic (exact) mass is 1070 g/mol. The van der Waals surface area contributed by atoms with Gasteiger partial charge in [0.15, 0.2) is 0 Å². The molecule has 1 heterocycles. The van der Waals surface area contributed by atoms with Gasteiger partial charge in [-0.15, -0.1) is 0 Å². The van der Waals surface area contributed by atoms with E-state index in [1.807, 2.05) is 0 Å². The summed E-state index contributed by atoms with van der Waals surface area (Å²) in [4.78, 5) is 55.6. The third kappa shape index (κ3) is 12.0. The molecule has 1 saturated heterocycles. The Kier molecular flexibility index (Phi) is 20.3. The Balaban J connectivity index is 0.000000398. The molecule has 0 radical (unpaired) electrons. The number of rotatable bonds is 21. The average molecular weight is 1070 g/mol. The minimum Gasteiger partial charge on any atom is -0.481 e. The Hall–Kier alpha value is -2.62. The number of aliphatic hydroxyl groups excluding tert-OH is 5. The van der Waals surface area contributed by atoms with Crippen LogP contribution in [0.25, 0.3) is 0 Å². The highest BCUT2D eigenvalue weighted by Gasteiger charge is 2.72. The van der Waals surface area contributed by atoms with Crippen molar-refractivity contribution in [3.05, 3.63) is 12.2 Å². The minimum atomic E-state index is -1.55. The predicted octanol–water partition coefficient (Wildman–Crippen LogP) is 8.97. The maximum Gasteiger partial charge on any atom is 0.309 e. The zero-order valence-corrected chi connectivity index (χ0v) is 49.2. The Labute approximate surface area is 458 Å². The van der Waals surface area contributed by atoms with Gasteiger partial charge in [-0.05, 0) is 175 Å². The summed E-state index contributed by atoms with van der Waals surface area (Å²) in [5.74, 6) is 1.12. The van der Waals surface area contributed by atoms with Gasteiger partial charge in [0.2, 0.25) is 11.8 Å². The van der Waals surface area contributed by atoms with Crippen LogP contribution in [0.2, 0.25) is 0 Å². The third-order valence-electron chi connectivity index (χ3n) is 22.8. The number of carboxylic acid groups (broad SMARTS) is 1. The van der Waals surface area contributed by atoms with E-state index in [-0.39, 0.29) is 69.9 Å². The summed E-state index contributed by atoms with van der Waals surface area (Å²) in [6.07, 6.45) is 15.5. The van der Waals surface area contributed by atoms with Crippen LogP contribution in [0.15, 0.2) is 12.2 Å². The van der Waals surface area contributed by atoms with Gasteiger partial charge in [0, 0.05) is 37.0 Å². The quantitative estimate of drug-likeness (QED) is 0.0306. The number of carbonyl (C=O) groups is 4. The lowest BCUT2D eigenvalue weighted by atomic mass is 9.32. The molecule has 8 N–H and O–H groups in total. The number of aliphatic hydroxyl groups is 5. The summed E-state index contributed by atoms with van der Waals surface area (Å²) in [7, 11) is 0. The highest BCUT2D eigenvalue weighted by Crippen LogP contribution is 2.78. The molecule has 436 valence electrons. The van der Waals surface area contributed by atoms with Crippen molar-refractivity contribution in [3.63, 3.8) is 0 Å². The fraction of sp³-hybridized carbons (Fsp3) is 0.903. The molecule has 7 rings (SSSR count). The number of ether oxygens (including phenoxy) is 1. The van der Waals surface area contributed by atoms with E-state index in [2.05, 4.69) is 84.4 Å². The number of carboxylic acids is 1. The first-order valence-electron chi connectivity index (χ1n) is 30.2. The number of esters is 1. The molecule has 76 heavy (non-hydrogen) atoms. The molecule has 2 amide bonds. The van der Waals surface area contributed by atoms with Crippen LogP contribution in [0, 0.1) is 73.4 Å². The molecule has 6 saturated carbocycles. The molecule has 0 aromatic rings. The van der Waals surface area contributed by atoms with Gasteiger partial charge in [0.25, 0.3) is 0 Å². The van der Waals surface area contributed by atoms with E-state index in [4.69, 9.17) is 14.9 Å². The molecule has 1 aliphatic heterocycles. The lowest BCUT2D eigenvalue weighted by Gasteiger charge is -2.73. The van der Waals surface area contributed by atoms with Crippen molar-refractivity contribution in [2.45, 2.75) is 248 Å². The van der Waals surface area contributed by atoms with Crippen LogP contribution < -0.4 is 10.6 Å². The average Bonchev–Trinajstić information content (AvgIpc) is 3.78.